The molecule has 2 unspecified atom stereocenters. The number of aryl methyl sites for hydroxylation is 1. The quantitative estimate of drug-likeness (QED) is 0.0955. The number of methoxy groups -OCH3 is 1. The van der Waals surface area contributed by atoms with Gasteiger partial charge in [-0.3, -0.25) is 19.3 Å². The fraction of sp³-hybridized carbons (Fsp3) is 0.581. The summed E-state index contributed by atoms with van der Waals surface area (Å²) in [4.78, 5) is 30.8. The van der Waals surface area contributed by atoms with Crippen molar-refractivity contribution in [3.63, 3.8) is 0 Å². The number of ether oxygens (including phenoxy) is 2. The van der Waals surface area contributed by atoms with Crippen molar-refractivity contribution in [2.24, 2.45) is 5.92 Å². The van der Waals surface area contributed by atoms with Crippen LogP contribution in [0, 0.1) is 11.3 Å². The lowest BCUT2D eigenvalue weighted by Crippen LogP contribution is -2.35. The number of phosphoric ester groups is 1. The molecule has 16 heteroatoms. The highest BCUT2D eigenvalue weighted by Crippen LogP contribution is 2.38. The molecule has 3 rings (SSSR count). The van der Waals surface area contributed by atoms with Gasteiger partial charge in [-0.1, -0.05) is 59.6 Å². The zero-order valence-electron chi connectivity index (χ0n) is 28.2. The molecule has 3 atom stereocenters. The van der Waals surface area contributed by atoms with Gasteiger partial charge in [-0.25, -0.2) is 14.2 Å². The molecule has 47 heavy (non-hydrogen) atoms. The van der Waals surface area contributed by atoms with E-state index in [-0.39, 0.29) is 29.6 Å². The number of carbonyl (C=O) groups is 1. The van der Waals surface area contributed by atoms with Gasteiger partial charge in [0.05, 0.1) is 19.3 Å². The van der Waals surface area contributed by atoms with Gasteiger partial charge in [-0.15, -0.1) is 0 Å². The van der Waals surface area contributed by atoms with E-state index >= 15 is 0 Å². The Morgan fingerprint density at radius 1 is 1.11 bits per heavy atom. The van der Waals surface area contributed by atoms with Crippen LogP contribution in [0.15, 0.2) is 42.7 Å². The van der Waals surface area contributed by atoms with Gasteiger partial charge in [0.1, 0.15) is 30.4 Å². The zero-order valence-corrected chi connectivity index (χ0v) is 30.0. The summed E-state index contributed by atoms with van der Waals surface area (Å²) in [5.74, 6) is 0.537. The van der Waals surface area contributed by atoms with Crippen LogP contribution in [0.3, 0.4) is 0 Å². The van der Waals surface area contributed by atoms with Crippen LogP contribution < -0.4 is 15.1 Å². The lowest BCUT2D eigenvalue weighted by Gasteiger charge is -2.25. The molecule has 3 aromatic rings. The molecule has 4 N–H and O–H groups in total. The lowest BCUT2D eigenvalue weighted by atomic mass is 9.87. The van der Waals surface area contributed by atoms with Gasteiger partial charge in [0.2, 0.25) is 0 Å². The fourth-order valence-corrected chi connectivity index (χ4v) is 6.01. The topological polar surface area (TPSA) is 179 Å². The second-order valence-electron chi connectivity index (χ2n) is 12.3. The summed E-state index contributed by atoms with van der Waals surface area (Å²) in [7, 11) is -4.87. The first-order chi connectivity index (χ1) is 22.1. The Morgan fingerprint density at radius 3 is 2.38 bits per heavy atom. The van der Waals surface area contributed by atoms with E-state index in [1.54, 1.807) is 24.6 Å². The molecule has 2 aromatic heterocycles. The SMILES string of the molecule is CCC(CC)COC(=O)[C@H](C)NP(OCC(CCc1ccc2c(=N)n(COP(=O)(O)O)cnn12)OC)Oc1ccc(C(C)(C)C)cc1. The van der Waals surface area contributed by atoms with Crippen molar-refractivity contribution < 1.29 is 42.2 Å². The molecule has 262 valence electrons. The Bertz CT molecular complexity index is 1530. The zero-order chi connectivity index (χ0) is 34.8. The summed E-state index contributed by atoms with van der Waals surface area (Å²) < 4.78 is 42.0. The molecule has 0 bridgehead atoms. The molecule has 0 aliphatic carbocycles. The molecule has 2 heterocycles. The van der Waals surface area contributed by atoms with Crippen molar-refractivity contribution in [2.45, 2.75) is 91.5 Å². The van der Waals surface area contributed by atoms with E-state index in [0.717, 1.165) is 24.1 Å². The third-order valence-electron chi connectivity index (χ3n) is 7.75. The predicted octanol–water partition coefficient (Wildman–Crippen LogP) is 5.21. The number of hydrogen-bond donors (Lipinski definition) is 4. The first-order valence-corrected chi connectivity index (χ1v) is 18.3. The van der Waals surface area contributed by atoms with Crippen molar-refractivity contribution in [3.05, 3.63) is 59.5 Å². The predicted molar refractivity (Wildman–Crippen MR) is 178 cm³/mol. The van der Waals surface area contributed by atoms with Gasteiger partial charge in [0.25, 0.3) is 0 Å². The largest absolute Gasteiger partial charge is 0.471 e. The Balaban J connectivity index is 1.67. The Labute approximate surface area is 277 Å². The Morgan fingerprint density at radius 2 is 1.79 bits per heavy atom. The molecule has 0 radical (unpaired) electrons. The highest BCUT2D eigenvalue weighted by molar-refractivity contribution is 7.46. The van der Waals surface area contributed by atoms with Crippen LogP contribution >= 0.6 is 16.3 Å². The number of carbonyl (C=O) groups excluding carboxylic acids is 1. The van der Waals surface area contributed by atoms with Crippen LogP contribution in [0.4, 0.5) is 0 Å². The van der Waals surface area contributed by atoms with Crippen molar-refractivity contribution >= 4 is 27.8 Å². The minimum absolute atomic E-state index is 0.0109. The van der Waals surface area contributed by atoms with Crippen LogP contribution in [-0.4, -0.2) is 62.4 Å². The van der Waals surface area contributed by atoms with E-state index in [1.165, 1.54) is 10.9 Å². The summed E-state index contributed by atoms with van der Waals surface area (Å²) >= 11 is 0. The number of hydrogen-bond acceptors (Lipinski definition) is 10. The Kier molecular flexibility index (Phi) is 14.6. The maximum atomic E-state index is 12.8. The smallest absolute Gasteiger partial charge is 0.464 e. The number of nitrogens with zero attached hydrogens (tertiary/aromatic N) is 3. The molecule has 0 amide bonds. The number of benzene rings is 1. The molecule has 0 saturated carbocycles. The van der Waals surface area contributed by atoms with E-state index < -0.39 is 29.1 Å². The molecule has 0 fully saturated rings. The monoisotopic (exact) mass is 697 g/mol. The second kappa shape index (κ2) is 17.6. The van der Waals surface area contributed by atoms with E-state index in [0.29, 0.717) is 36.6 Å². The maximum Gasteiger partial charge on any atom is 0.471 e. The third kappa shape index (κ3) is 12.1. The van der Waals surface area contributed by atoms with Crippen LogP contribution in [0.2, 0.25) is 0 Å². The van der Waals surface area contributed by atoms with Crippen LogP contribution in [0.25, 0.3) is 5.52 Å². The third-order valence-corrected chi connectivity index (χ3v) is 9.56. The summed E-state index contributed by atoms with van der Waals surface area (Å²) in [5, 5.41) is 15.9. The molecule has 0 saturated heterocycles. The number of aromatic nitrogens is 3. The summed E-state index contributed by atoms with van der Waals surface area (Å²) in [5.41, 5.74) is 2.40. The van der Waals surface area contributed by atoms with Crippen molar-refractivity contribution in [1.29, 1.82) is 5.41 Å². The number of fused-ring (bicyclic) bond motifs is 1. The van der Waals surface area contributed by atoms with Gasteiger partial charge in [0, 0.05) is 12.8 Å². The summed E-state index contributed by atoms with van der Waals surface area (Å²) in [6, 6.07) is 10.7. The summed E-state index contributed by atoms with van der Waals surface area (Å²) in [6.07, 6.45) is 3.89. The van der Waals surface area contributed by atoms with Gasteiger partial charge in [0.15, 0.2) is 5.49 Å². The average Bonchev–Trinajstić information content (AvgIpc) is 3.44. The molecule has 0 aliphatic rings. The van der Waals surface area contributed by atoms with Crippen LogP contribution in [0.1, 0.15) is 72.1 Å². The Hall–Kier alpha value is -2.67. The molecular formula is C31H49N5O9P2. The number of phosphoric acid groups is 1. The lowest BCUT2D eigenvalue weighted by molar-refractivity contribution is -0.146. The maximum absolute atomic E-state index is 12.8. The number of rotatable bonds is 19. The number of nitrogens with one attached hydrogen (secondary N) is 2. The molecule has 14 nitrogen and oxygen atoms in total. The van der Waals surface area contributed by atoms with E-state index in [4.69, 9.17) is 33.7 Å². The molecule has 1 aromatic carbocycles. The van der Waals surface area contributed by atoms with Crippen molar-refractivity contribution in [1.82, 2.24) is 19.3 Å². The molecule has 0 aliphatic heterocycles. The average molecular weight is 698 g/mol. The first kappa shape index (κ1) is 38.8. The normalized spacial score (nSPS) is 14.3. The minimum atomic E-state index is -4.70. The van der Waals surface area contributed by atoms with E-state index in [9.17, 15) is 9.36 Å². The van der Waals surface area contributed by atoms with Gasteiger partial charge in [-0.2, -0.15) is 5.10 Å². The number of esters is 1. The van der Waals surface area contributed by atoms with Gasteiger partial charge in [-0.05, 0) is 60.9 Å². The van der Waals surface area contributed by atoms with Crippen LogP contribution in [0.5, 0.6) is 5.75 Å². The van der Waals surface area contributed by atoms with Gasteiger partial charge < -0.3 is 28.3 Å². The molecular weight excluding hydrogens is 648 g/mol. The second-order valence-corrected chi connectivity index (χ2v) is 14.8. The van der Waals surface area contributed by atoms with Gasteiger partial charge >= 0.3 is 22.3 Å². The van der Waals surface area contributed by atoms with Crippen molar-refractivity contribution in [3.8, 4) is 5.75 Å². The first-order valence-electron chi connectivity index (χ1n) is 15.6. The van der Waals surface area contributed by atoms with E-state index in [2.05, 4.69) is 49.3 Å². The highest BCUT2D eigenvalue weighted by Gasteiger charge is 2.25. The standard InChI is InChI=1S/C31H49N5O9P2/c1-8-23(9-2)18-42-30(37)22(3)34-46(45-26-14-10-24(11-15-26)31(4,5)6)43-19-27(41-7)16-12-25-13-17-28-29(32)35(20-33-36(25)28)21-44-47(38,39)40/h10-11,13-15,17,20,22-23,27,32,34H,8-9,12,16,18-19,21H2,1-7H3,(H2,38,39,40)/t22-,27?,46?/m0/s1. The highest BCUT2D eigenvalue weighted by atomic mass is 31.2. The van der Waals surface area contributed by atoms with E-state index in [1.807, 2.05) is 30.3 Å². The van der Waals surface area contributed by atoms with Crippen molar-refractivity contribution in [2.75, 3.05) is 20.3 Å². The summed E-state index contributed by atoms with van der Waals surface area (Å²) in [6.45, 7) is 12.3. The fourth-order valence-electron chi connectivity index (χ4n) is 4.52. The van der Waals surface area contributed by atoms with Crippen LogP contribution in [-0.2, 0) is 46.4 Å². The minimum Gasteiger partial charge on any atom is -0.464 e. The molecule has 0 spiro atoms.